The molecule has 0 bridgehead atoms. The molecule has 0 aromatic rings. The van der Waals surface area contributed by atoms with Crippen LogP contribution in [0.2, 0.25) is 0 Å². The summed E-state index contributed by atoms with van der Waals surface area (Å²) >= 11 is 0. The van der Waals surface area contributed by atoms with Crippen LogP contribution >= 0.6 is 0 Å². The minimum Gasteiger partial charge on any atom is -0.481 e. The number of carbonyl (C=O) groups excluding carboxylic acids is 1. The van der Waals surface area contributed by atoms with Crippen LogP contribution in [-0.4, -0.2) is 41.1 Å². The number of carbonyl (C=O) groups is 2. The highest BCUT2D eigenvalue weighted by Gasteiger charge is 2.42. The second-order valence-electron chi connectivity index (χ2n) is 5.06. The van der Waals surface area contributed by atoms with E-state index >= 15 is 0 Å². The third-order valence-electron chi connectivity index (χ3n) is 3.80. The average molecular weight is 281 g/mol. The number of nitrogens with zero attached hydrogens (tertiary/aromatic N) is 1. The van der Waals surface area contributed by atoms with Crippen LogP contribution in [0.3, 0.4) is 0 Å². The summed E-state index contributed by atoms with van der Waals surface area (Å²) in [7, 11) is 0. The van der Waals surface area contributed by atoms with Crippen molar-refractivity contribution in [2.24, 2.45) is 17.8 Å². The van der Waals surface area contributed by atoms with Crippen molar-refractivity contribution in [2.45, 2.75) is 32.9 Å². The Balaban J connectivity index is 2.56. The molecule has 1 aliphatic rings. The Morgan fingerprint density at radius 2 is 1.63 bits per heavy atom. The maximum atomic E-state index is 12.5. The molecule has 110 valence electrons. The van der Waals surface area contributed by atoms with Gasteiger partial charge in [0.25, 0.3) is 0 Å². The summed E-state index contributed by atoms with van der Waals surface area (Å²) in [5, 5.41) is 8.83. The van der Waals surface area contributed by atoms with Gasteiger partial charge in [0.1, 0.15) is 0 Å². The van der Waals surface area contributed by atoms with Gasteiger partial charge in [-0.3, -0.25) is 9.59 Å². The summed E-state index contributed by atoms with van der Waals surface area (Å²) in [4.78, 5) is 24.1. The van der Waals surface area contributed by atoms with E-state index in [9.17, 15) is 22.8 Å². The molecular weight excluding hydrogens is 263 g/mol. The van der Waals surface area contributed by atoms with E-state index in [0.29, 0.717) is 0 Å². The lowest BCUT2D eigenvalue weighted by atomic mass is 9.91. The Hall–Kier alpha value is -1.27. The molecule has 7 heteroatoms. The van der Waals surface area contributed by atoms with Crippen LogP contribution in [0.5, 0.6) is 0 Å². The summed E-state index contributed by atoms with van der Waals surface area (Å²) in [5.41, 5.74) is 0. The summed E-state index contributed by atoms with van der Waals surface area (Å²) in [6.07, 6.45) is -4.43. The molecule has 0 aromatic carbocycles. The second kappa shape index (κ2) is 5.79. The smallest absolute Gasteiger partial charge is 0.391 e. The van der Waals surface area contributed by atoms with Gasteiger partial charge in [0, 0.05) is 19.0 Å². The van der Waals surface area contributed by atoms with E-state index in [2.05, 4.69) is 0 Å². The van der Waals surface area contributed by atoms with E-state index in [1.54, 1.807) is 0 Å². The third kappa shape index (κ3) is 3.84. The van der Waals surface area contributed by atoms with Crippen molar-refractivity contribution in [3.05, 3.63) is 0 Å². The molecule has 1 aliphatic heterocycles. The highest BCUT2D eigenvalue weighted by Crippen LogP contribution is 2.34. The number of rotatable bonds is 3. The van der Waals surface area contributed by atoms with Gasteiger partial charge in [-0.05, 0) is 12.8 Å². The minimum absolute atomic E-state index is 0.0414. The fourth-order valence-corrected chi connectivity index (χ4v) is 2.14. The lowest BCUT2D eigenvalue weighted by Crippen LogP contribution is -2.45. The number of carboxylic acid groups (broad SMARTS) is 1. The topological polar surface area (TPSA) is 57.6 Å². The number of aliphatic carboxylic acids is 1. The van der Waals surface area contributed by atoms with E-state index in [1.165, 1.54) is 18.7 Å². The van der Waals surface area contributed by atoms with Gasteiger partial charge in [-0.25, -0.2) is 0 Å². The Morgan fingerprint density at radius 1 is 1.16 bits per heavy atom. The Labute approximate surface area is 109 Å². The molecule has 0 spiro atoms. The molecule has 1 amide bonds. The molecule has 4 nitrogen and oxygen atoms in total. The molecule has 19 heavy (non-hydrogen) atoms. The highest BCUT2D eigenvalue weighted by atomic mass is 19.4. The first-order chi connectivity index (χ1) is 8.64. The predicted octanol–water partition coefficient (Wildman–Crippen LogP) is 2.14. The van der Waals surface area contributed by atoms with Crippen LogP contribution in [-0.2, 0) is 9.59 Å². The second-order valence-corrected chi connectivity index (χ2v) is 5.06. The predicted molar refractivity (Wildman–Crippen MR) is 61.3 cm³/mol. The quantitative estimate of drug-likeness (QED) is 0.862. The van der Waals surface area contributed by atoms with Crippen molar-refractivity contribution in [3.8, 4) is 0 Å². The number of halogens is 3. The van der Waals surface area contributed by atoms with E-state index < -0.39 is 29.9 Å². The molecule has 2 unspecified atom stereocenters. The molecule has 1 N–H and O–H groups in total. The summed E-state index contributed by atoms with van der Waals surface area (Å²) in [6, 6.07) is 0. The fourth-order valence-electron chi connectivity index (χ4n) is 2.14. The van der Waals surface area contributed by atoms with Crippen LogP contribution in [0.1, 0.15) is 26.7 Å². The zero-order chi connectivity index (χ0) is 14.8. The van der Waals surface area contributed by atoms with Crippen LogP contribution in [0, 0.1) is 17.8 Å². The van der Waals surface area contributed by atoms with Crippen LogP contribution in [0.25, 0.3) is 0 Å². The SMILES string of the molecule is CC(C(=O)O)C(C)C(=O)N1CCC(C(F)(F)F)CC1. The molecule has 0 radical (unpaired) electrons. The van der Waals surface area contributed by atoms with E-state index in [1.807, 2.05) is 0 Å². The lowest BCUT2D eigenvalue weighted by Gasteiger charge is -2.34. The van der Waals surface area contributed by atoms with E-state index in [0.717, 1.165) is 0 Å². The zero-order valence-electron chi connectivity index (χ0n) is 10.9. The first-order valence-electron chi connectivity index (χ1n) is 6.23. The average Bonchev–Trinajstić information content (AvgIpc) is 2.35. The molecular formula is C12H18F3NO3. The molecule has 2 atom stereocenters. The molecule has 1 saturated heterocycles. The largest absolute Gasteiger partial charge is 0.481 e. The molecule has 1 fully saturated rings. The fraction of sp³-hybridized carbons (Fsp3) is 0.833. The van der Waals surface area contributed by atoms with Gasteiger partial charge in [0.15, 0.2) is 0 Å². The number of piperidine rings is 1. The number of likely N-dealkylation sites (tertiary alicyclic amines) is 1. The van der Waals surface area contributed by atoms with Gasteiger partial charge in [0.05, 0.1) is 11.8 Å². The van der Waals surface area contributed by atoms with Crippen molar-refractivity contribution in [1.82, 2.24) is 4.90 Å². The Kier molecular flexibility index (Phi) is 4.81. The normalized spacial score (nSPS) is 21.0. The van der Waals surface area contributed by atoms with E-state index in [4.69, 9.17) is 5.11 Å². The van der Waals surface area contributed by atoms with Crippen LogP contribution in [0.4, 0.5) is 13.2 Å². The lowest BCUT2D eigenvalue weighted by molar-refractivity contribution is -0.187. The summed E-state index contributed by atoms with van der Waals surface area (Å²) in [5.74, 6) is -4.38. The van der Waals surface area contributed by atoms with Gasteiger partial charge in [-0.1, -0.05) is 13.8 Å². The number of amides is 1. The monoisotopic (exact) mass is 281 g/mol. The van der Waals surface area contributed by atoms with Crippen molar-refractivity contribution < 1.29 is 27.9 Å². The van der Waals surface area contributed by atoms with Crippen molar-refractivity contribution in [3.63, 3.8) is 0 Å². The maximum Gasteiger partial charge on any atom is 0.391 e. The van der Waals surface area contributed by atoms with Gasteiger partial charge in [-0.2, -0.15) is 13.2 Å². The van der Waals surface area contributed by atoms with Crippen LogP contribution < -0.4 is 0 Å². The molecule has 0 saturated carbocycles. The Bertz CT molecular complexity index is 349. The maximum absolute atomic E-state index is 12.5. The summed E-state index contributed by atoms with van der Waals surface area (Å²) < 4.78 is 37.4. The van der Waals surface area contributed by atoms with Crippen molar-refractivity contribution in [2.75, 3.05) is 13.1 Å². The van der Waals surface area contributed by atoms with Crippen molar-refractivity contribution in [1.29, 1.82) is 0 Å². The number of alkyl halides is 3. The first kappa shape index (κ1) is 15.8. The third-order valence-corrected chi connectivity index (χ3v) is 3.80. The zero-order valence-corrected chi connectivity index (χ0v) is 10.9. The number of hydrogen-bond donors (Lipinski definition) is 1. The van der Waals surface area contributed by atoms with Crippen molar-refractivity contribution >= 4 is 11.9 Å². The van der Waals surface area contributed by atoms with Gasteiger partial charge < -0.3 is 10.0 Å². The number of carboxylic acids is 1. The van der Waals surface area contributed by atoms with Gasteiger partial charge in [0.2, 0.25) is 5.91 Å². The highest BCUT2D eigenvalue weighted by molar-refractivity contribution is 5.84. The van der Waals surface area contributed by atoms with Gasteiger partial charge >= 0.3 is 12.1 Å². The molecule has 0 aromatic heterocycles. The minimum atomic E-state index is -4.21. The van der Waals surface area contributed by atoms with Crippen LogP contribution in [0.15, 0.2) is 0 Å². The molecule has 0 aliphatic carbocycles. The number of hydrogen-bond acceptors (Lipinski definition) is 2. The van der Waals surface area contributed by atoms with E-state index in [-0.39, 0.29) is 31.8 Å². The molecule has 1 rings (SSSR count). The standard InChI is InChI=1S/C12H18F3NO3/c1-7(8(2)11(18)19)10(17)16-5-3-9(4-6-16)12(13,14)15/h7-9H,3-6H2,1-2H3,(H,18,19). The Morgan fingerprint density at radius 3 is 2.00 bits per heavy atom. The first-order valence-corrected chi connectivity index (χ1v) is 6.23. The summed E-state index contributed by atoms with van der Waals surface area (Å²) in [6.45, 7) is 3.00. The molecule has 1 heterocycles. The van der Waals surface area contributed by atoms with Gasteiger partial charge in [-0.15, -0.1) is 0 Å².